The number of aromatic amines is 2. The van der Waals surface area contributed by atoms with Gasteiger partial charge in [0.15, 0.2) is 11.5 Å². The molecule has 0 saturated carbocycles. The highest BCUT2D eigenvalue weighted by Crippen LogP contribution is 2.29. The second-order valence-corrected chi connectivity index (χ2v) is 6.34. The topological polar surface area (TPSA) is 104 Å². The van der Waals surface area contributed by atoms with E-state index in [1.54, 1.807) is 29.1 Å². The zero-order valence-corrected chi connectivity index (χ0v) is 15.0. The molecule has 1 aromatic carbocycles. The maximum absolute atomic E-state index is 9.80. The first kappa shape index (κ1) is 16.5. The molecular formula is C17H18N6O2S. The monoisotopic (exact) mass is 370 g/mol. The zero-order chi connectivity index (χ0) is 18.1. The molecule has 8 nitrogen and oxygen atoms in total. The van der Waals surface area contributed by atoms with Crippen molar-refractivity contribution in [3.05, 3.63) is 39.8 Å². The lowest BCUT2D eigenvalue weighted by Crippen LogP contribution is -1.98. The molecule has 4 rings (SSSR count). The van der Waals surface area contributed by atoms with Crippen molar-refractivity contribution in [3.63, 3.8) is 0 Å². The molecule has 9 heteroatoms. The van der Waals surface area contributed by atoms with Crippen LogP contribution in [-0.2, 0) is 12.8 Å². The number of rotatable bonds is 5. The Morgan fingerprint density at radius 2 is 2.23 bits per heavy atom. The SMILES string of the molecule is CCOc1cc(/C=N\n2c(-c3n[nH]c4c3CCC4)n[nH]c2=S)ccc1O. The van der Waals surface area contributed by atoms with Crippen LogP contribution in [0.25, 0.3) is 11.5 Å². The zero-order valence-electron chi connectivity index (χ0n) is 14.2. The van der Waals surface area contributed by atoms with E-state index in [0.29, 0.717) is 23.0 Å². The fraction of sp³-hybridized carbons (Fsp3) is 0.294. The smallest absolute Gasteiger partial charge is 0.216 e. The highest BCUT2D eigenvalue weighted by Gasteiger charge is 2.23. The second-order valence-electron chi connectivity index (χ2n) is 5.95. The molecule has 134 valence electrons. The van der Waals surface area contributed by atoms with E-state index in [1.165, 1.54) is 5.56 Å². The van der Waals surface area contributed by atoms with Crippen LogP contribution >= 0.6 is 12.2 Å². The quantitative estimate of drug-likeness (QED) is 0.473. The third kappa shape index (κ3) is 2.90. The molecule has 1 aliphatic rings. The van der Waals surface area contributed by atoms with Crippen LogP contribution < -0.4 is 4.74 Å². The molecule has 0 atom stereocenters. The van der Waals surface area contributed by atoms with Gasteiger partial charge in [-0.3, -0.25) is 5.10 Å². The van der Waals surface area contributed by atoms with Crippen molar-refractivity contribution in [1.82, 2.24) is 25.1 Å². The van der Waals surface area contributed by atoms with Gasteiger partial charge in [-0.2, -0.15) is 20.0 Å². The fourth-order valence-electron chi connectivity index (χ4n) is 3.06. The number of nitrogens with one attached hydrogen (secondary N) is 2. The summed E-state index contributed by atoms with van der Waals surface area (Å²) in [7, 11) is 0. The minimum absolute atomic E-state index is 0.0942. The highest BCUT2D eigenvalue weighted by atomic mass is 32.1. The van der Waals surface area contributed by atoms with E-state index in [0.717, 1.165) is 36.2 Å². The van der Waals surface area contributed by atoms with Crippen LogP contribution in [0.1, 0.15) is 30.2 Å². The molecule has 0 radical (unpaired) electrons. The standard InChI is InChI=1S/C17H18N6O2S/c1-2-25-14-8-10(6-7-13(14)24)9-18-23-16(21-22-17(23)26)15-11-4-3-5-12(11)19-20-15/h6-9,24H,2-5H2,1H3,(H,19,20)(H,22,26)/b18-9-. The summed E-state index contributed by atoms with van der Waals surface area (Å²) < 4.78 is 7.34. The van der Waals surface area contributed by atoms with Gasteiger partial charge in [0.25, 0.3) is 0 Å². The van der Waals surface area contributed by atoms with Gasteiger partial charge in [-0.05, 0) is 62.2 Å². The van der Waals surface area contributed by atoms with E-state index in [4.69, 9.17) is 17.0 Å². The predicted molar refractivity (Wildman–Crippen MR) is 99.3 cm³/mol. The molecule has 0 aliphatic heterocycles. The van der Waals surface area contributed by atoms with Crippen LogP contribution in [0.15, 0.2) is 23.3 Å². The molecule has 0 bridgehead atoms. The molecular weight excluding hydrogens is 352 g/mol. The lowest BCUT2D eigenvalue weighted by atomic mass is 10.2. The summed E-state index contributed by atoms with van der Waals surface area (Å²) in [6.07, 6.45) is 4.73. The van der Waals surface area contributed by atoms with Gasteiger partial charge in [0, 0.05) is 11.3 Å². The summed E-state index contributed by atoms with van der Waals surface area (Å²) in [5, 5.41) is 28.8. The maximum atomic E-state index is 9.80. The molecule has 2 aromatic heterocycles. The van der Waals surface area contributed by atoms with Gasteiger partial charge in [0.05, 0.1) is 12.8 Å². The van der Waals surface area contributed by atoms with E-state index < -0.39 is 0 Å². The minimum atomic E-state index is 0.0942. The normalized spacial score (nSPS) is 13.4. The highest BCUT2D eigenvalue weighted by molar-refractivity contribution is 7.71. The Hall–Kier alpha value is -2.94. The predicted octanol–water partition coefficient (Wildman–Crippen LogP) is 2.81. The average molecular weight is 370 g/mol. The Bertz CT molecular complexity index is 1030. The first-order chi connectivity index (χ1) is 12.7. The fourth-order valence-corrected chi connectivity index (χ4v) is 3.24. The van der Waals surface area contributed by atoms with Crippen LogP contribution in [0.5, 0.6) is 11.5 Å². The third-order valence-electron chi connectivity index (χ3n) is 4.27. The summed E-state index contributed by atoms with van der Waals surface area (Å²) >= 11 is 5.31. The van der Waals surface area contributed by atoms with Crippen LogP contribution in [0.2, 0.25) is 0 Å². The number of aryl methyl sites for hydroxylation is 1. The molecule has 0 saturated heterocycles. The van der Waals surface area contributed by atoms with E-state index in [9.17, 15) is 5.11 Å². The Morgan fingerprint density at radius 1 is 1.35 bits per heavy atom. The van der Waals surface area contributed by atoms with Crippen LogP contribution in [0.4, 0.5) is 0 Å². The maximum Gasteiger partial charge on any atom is 0.216 e. The van der Waals surface area contributed by atoms with Crippen molar-refractivity contribution in [2.75, 3.05) is 6.61 Å². The van der Waals surface area contributed by atoms with Gasteiger partial charge in [-0.25, -0.2) is 5.10 Å². The molecule has 3 aromatic rings. The number of ether oxygens (including phenoxy) is 1. The summed E-state index contributed by atoms with van der Waals surface area (Å²) in [6, 6.07) is 5.04. The van der Waals surface area contributed by atoms with Gasteiger partial charge >= 0.3 is 0 Å². The molecule has 1 aliphatic carbocycles. The summed E-state index contributed by atoms with van der Waals surface area (Å²) in [5.41, 5.74) is 3.89. The number of hydrogen-bond donors (Lipinski definition) is 3. The van der Waals surface area contributed by atoms with Gasteiger partial charge in [0.2, 0.25) is 10.6 Å². The lowest BCUT2D eigenvalue weighted by molar-refractivity contribution is 0.318. The number of aromatic hydroxyl groups is 1. The van der Waals surface area contributed by atoms with Crippen LogP contribution in [-0.4, -0.2) is 43.0 Å². The van der Waals surface area contributed by atoms with E-state index in [1.807, 2.05) is 6.92 Å². The Balaban J connectivity index is 1.69. The van der Waals surface area contributed by atoms with Crippen molar-refractivity contribution in [1.29, 1.82) is 0 Å². The number of phenols is 1. The first-order valence-corrected chi connectivity index (χ1v) is 8.82. The van der Waals surface area contributed by atoms with Crippen molar-refractivity contribution >= 4 is 18.4 Å². The second kappa shape index (κ2) is 6.75. The van der Waals surface area contributed by atoms with Crippen molar-refractivity contribution < 1.29 is 9.84 Å². The number of fused-ring (bicyclic) bond motifs is 1. The third-order valence-corrected chi connectivity index (χ3v) is 4.54. The number of aromatic nitrogens is 5. The van der Waals surface area contributed by atoms with E-state index in [-0.39, 0.29) is 5.75 Å². The van der Waals surface area contributed by atoms with Crippen LogP contribution in [0, 0.1) is 4.77 Å². The summed E-state index contributed by atoms with van der Waals surface area (Å²) in [4.78, 5) is 0. The number of hydrogen-bond acceptors (Lipinski definition) is 6. The van der Waals surface area contributed by atoms with Gasteiger partial charge in [0.1, 0.15) is 5.69 Å². The van der Waals surface area contributed by atoms with Gasteiger partial charge in [-0.15, -0.1) is 0 Å². The molecule has 3 N–H and O–H groups in total. The van der Waals surface area contributed by atoms with E-state index >= 15 is 0 Å². The molecule has 26 heavy (non-hydrogen) atoms. The average Bonchev–Trinajstić information content (AvgIpc) is 3.32. The molecule has 0 spiro atoms. The van der Waals surface area contributed by atoms with Crippen LogP contribution in [0.3, 0.4) is 0 Å². The summed E-state index contributed by atoms with van der Waals surface area (Å²) in [6.45, 7) is 2.33. The van der Waals surface area contributed by atoms with Gasteiger partial charge in [-0.1, -0.05) is 0 Å². The van der Waals surface area contributed by atoms with Crippen molar-refractivity contribution in [2.24, 2.45) is 5.10 Å². The Labute approximate surface area is 154 Å². The summed E-state index contributed by atoms with van der Waals surface area (Å²) in [5.74, 6) is 1.09. The Kier molecular flexibility index (Phi) is 4.29. The van der Waals surface area contributed by atoms with Crippen molar-refractivity contribution in [3.8, 4) is 23.0 Å². The Morgan fingerprint density at radius 3 is 3.08 bits per heavy atom. The first-order valence-electron chi connectivity index (χ1n) is 8.41. The minimum Gasteiger partial charge on any atom is -0.504 e. The molecule has 0 amide bonds. The molecule has 0 unspecified atom stereocenters. The van der Waals surface area contributed by atoms with Gasteiger partial charge < -0.3 is 9.84 Å². The van der Waals surface area contributed by atoms with E-state index in [2.05, 4.69) is 25.5 Å². The molecule has 0 fully saturated rings. The number of H-pyrrole nitrogens is 2. The van der Waals surface area contributed by atoms with Crippen molar-refractivity contribution in [2.45, 2.75) is 26.2 Å². The molecule has 2 heterocycles. The number of benzene rings is 1. The number of phenolic OH excluding ortho intramolecular Hbond substituents is 1. The lowest BCUT2D eigenvalue weighted by Gasteiger charge is -2.06. The largest absolute Gasteiger partial charge is 0.504 e. The number of nitrogens with zero attached hydrogens (tertiary/aromatic N) is 4.